The van der Waals surface area contributed by atoms with E-state index >= 15 is 0 Å². The van der Waals surface area contributed by atoms with Crippen molar-refractivity contribution in [1.82, 2.24) is 9.80 Å². The summed E-state index contributed by atoms with van der Waals surface area (Å²) in [5.41, 5.74) is 0. The molecule has 2 aliphatic heterocycles. The Bertz CT molecular complexity index is 337. The number of aliphatic carboxylic acids is 1. The highest BCUT2D eigenvalue weighted by Gasteiger charge is 2.37. The Morgan fingerprint density at radius 2 is 2.00 bits per heavy atom. The second-order valence-electron chi connectivity index (χ2n) is 5.00. The Kier molecular flexibility index (Phi) is 4.37. The molecule has 2 fully saturated rings. The molecule has 0 saturated carbocycles. The van der Waals surface area contributed by atoms with Gasteiger partial charge < -0.3 is 14.9 Å². The number of carboxylic acids is 1. The monoisotopic (exact) mass is 272 g/mol. The van der Waals surface area contributed by atoms with Gasteiger partial charge in [0, 0.05) is 18.3 Å². The van der Waals surface area contributed by atoms with Crippen LogP contribution in [-0.4, -0.2) is 57.2 Å². The molecule has 2 saturated heterocycles. The Balaban J connectivity index is 2.07. The number of hydrogen-bond donors (Lipinski definition) is 1. The first kappa shape index (κ1) is 13.5. The summed E-state index contributed by atoms with van der Waals surface area (Å²) in [4.78, 5) is 26.9. The molecule has 6 heteroatoms. The van der Waals surface area contributed by atoms with Crippen LogP contribution < -0.4 is 0 Å². The van der Waals surface area contributed by atoms with Crippen LogP contribution >= 0.6 is 11.8 Å². The Morgan fingerprint density at radius 3 is 2.72 bits per heavy atom. The highest BCUT2D eigenvalue weighted by molar-refractivity contribution is 7.99. The summed E-state index contributed by atoms with van der Waals surface area (Å²) in [6, 6.07) is -0.528. The summed E-state index contributed by atoms with van der Waals surface area (Å²) in [5.74, 6) is 0.110. The Morgan fingerprint density at radius 1 is 1.22 bits per heavy atom. The fourth-order valence-electron chi connectivity index (χ4n) is 2.56. The van der Waals surface area contributed by atoms with E-state index in [9.17, 15) is 9.59 Å². The molecule has 2 aliphatic rings. The van der Waals surface area contributed by atoms with Crippen molar-refractivity contribution in [2.24, 2.45) is 0 Å². The highest BCUT2D eigenvalue weighted by atomic mass is 32.2. The van der Waals surface area contributed by atoms with Gasteiger partial charge in [-0.2, -0.15) is 0 Å². The van der Waals surface area contributed by atoms with Crippen molar-refractivity contribution in [3.05, 3.63) is 0 Å². The van der Waals surface area contributed by atoms with Crippen molar-refractivity contribution >= 4 is 23.8 Å². The van der Waals surface area contributed by atoms with Crippen LogP contribution in [-0.2, 0) is 4.79 Å². The third-order valence-electron chi connectivity index (χ3n) is 3.71. The molecule has 0 aromatic carbocycles. The molecule has 1 N–H and O–H groups in total. The lowest BCUT2D eigenvalue weighted by atomic mass is 10.1. The summed E-state index contributed by atoms with van der Waals surface area (Å²) >= 11 is 1.51. The van der Waals surface area contributed by atoms with Crippen molar-refractivity contribution in [2.75, 3.05) is 18.2 Å². The lowest BCUT2D eigenvalue weighted by Gasteiger charge is -2.32. The van der Waals surface area contributed by atoms with E-state index in [2.05, 4.69) is 6.92 Å². The second kappa shape index (κ2) is 5.82. The molecule has 0 spiro atoms. The van der Waals surface area contributed by atoms with Crippen molar-refractivity contribution < 1.29 is 14.7 Å². The van der Waals surface area contributed by atoms with E-state index in [0.717, 1.165) is 32.2 Å². The first-order valence-electron chi connectivity index (χ1n) is 6.49. The van der Waals surface area contributed by atoms with Gasteiger partial charge in [-0.15, -0.1) is 11.8 Å². The largest absolute Gasteiger partial charge is 0.480 e. The fourth-order valence-corrected chi connectivity index (χ4v) is 3.70. The van der Waals surface area contributed by atoms with Crippen LogP contribution in [0, 0.1) is 0 Å². The van der Waals surface area contributed by atoms with Crippen LogP contribution in [0.1, 0.15) is 32.6 Å². The zero-order chi connectivity index (χ0) is 13.1. The summed E-state index contributed by atoms with van der Waals surface area (Å²) in [6.45, 7) is 2.82. The molecule has 0 aromatic heterocycles. The van der Waals surface area contributed by atoms with Gasteiger partial charge in [-0.25, -0.2) is 9.59 Å². The number of amides is 2. The third kappa shape index (κ3) is 2.74. The van der Waals surface area contributed by atoms with E-state index in [0.29, 0.717) is 11.6 Å². The van der Waals surface area contributed by atoms with E-state index in [1.165, 1.54) is 16.7 Å². The maximum absolute atomic E-state index is 12.5. The number of thioether (sulfide) groups is 1. The second-order valence-corrected chi connectivity index (χ2v) is 6.00. The molecule has 0 aromatic rings. The Labute approximate surface area is 112 Å². The maximum atomic E-state index is 12.5. The summed E-state index contributed by atoms with van der Waals surface area (Å²) < 4.78 is 0. The van der Waals surface area contributed by atoms with Crippen molar-refractivity contribution in [1.29, 1.82) is 0 Å². The van der Waals surface area contributed by atoms with Gasteiger partial charge in [0.15, 0.2) is 0 Å². The lowest BCUT2D eigenvalue weighted by Crippen LogP contribution is -2.51. The summed E-state index contributed by atoms with van der Waals surface area (Å²) in [6.07, 6.45) is 4.35. The van der Waals surface area contributed by atoms with E-state index in [4.69, 9.17) is 5.11 Å². The fraction of sp³-hybridized carbons (Fsp3) is 0.833. The summed E-state index contributed by atoms with van der Waals surface area (Å²) in [7, 11) is 0. The minimum absolute atomic E-state index is 0.0956. The molecule has 5 nitrogen and oxygen atoms in total. The van der Waals surface area contributed by atoms with Crippen LogP contribution in [0.5, 0.6) is 0 Å². The number of carbonyl (C=O) groups excluding carboxylic acids is 1. The van der Waals surface area contributed by atoms with Crippen molar-refractivity contribution in [3.8, 4) is 0 Å². The molecule has 2 atom stereocenters. The topological polar surface area (TPSA) is 60.9 Å². The standard InChI is InChI=1S/C12H20N2O3S/c1-9-5-3-2-4-6-13(9)12(17)14-8-18-7-10(14)11(15)16/h9-10H,2-8H2,1H3,(H,15,16). The van der Waals surface area contributed by atoms with Gasteiger partial charge in [0.25, 0.3) is 0 Å². The zero-order valence-electron chi connectivity index (χ0n) is 10.7. The van der Waals surface area contributed by atoms with Crippen molar-refractivity contribution in [2.45, 2.75) is 44.7 Å². The van der Waals surface area contributed by atoms with Gasteiger partial charge in [0.2, 0.25) is 0 Å². The van der Waals surface area contributed by atoms with Crippen molar-refractivity contribution in [3.63, 3.8) is 0 Å². The van der Waals surface area contributed by atoms with Gasteiger partial charge >= 0.3 is 12.0 Å². The van der Waals surface area contributed by atoms with Gasteiger partial charge in [0.1, 0.15) is 6.04 Å². The van der Waals surface area contributed by atoms with Crippen LogP contribution in [0.2, 0.25) is 0 Å². The highest BCUT2D eigenvalue weighted by Crippen LogP contribution is 2.25. The maximum Gasteiger partial charge on any atom is 0.327 e. The number of nitrogens with zero attached hydrogens (tertiary/aromatic N) is 2. The van der Waals surface area contributed by atoms with Gasteiger partial charge in [-0.3, -0.25) is 0 Å². The molecular formula is C12H20N2O3S. The lowest BCUT2D eigenvalue weighted by molar-refractivity contribution is -0.141. The van der Waals surface area contributed by atoms with Gasteiger partial charge in [-0.1, -0.05) is 12.8 Å². The third-order valence-corrected chi connectivity index (χ3v) is 4.72. The molecule has 2 unspecified atom stereocenters. The van der Waals surface area contributed by atoms with Crippen LogP contribution in [0.3, 0.4) is 0 Å². The Hall–Kier alpha value is -0.910. The normalized spacial score (nSPS) is 29.2. The number of carboxylic acid groups (broad SMARTS) is 1. The summed E-state index contributed by atoms with van der Waals surface area (Å²) in [5, 5.41) is 9.13. The average Bonchev–Trinajstić information content (AvgIpc) is 2.72. The minimum atomic E-state index is -0.893. The molecule has 0 bridgehead atoms. The number of hydrogen-bond acceptors (Lipinski definition) is 3. The molecule has 2 heterocycles. The molecule has 2 rings (SSSR count). The van der Waals surface area contributed by atoms with E-state index in [1.54, 1.807) is 0 Å². The molecule has 0 radical (unpaired) electrons. The quantitative estimate of drug-likeness (QED) is 0.791. The predicted molar refractivity (Wildman–Crippen MR) is 70.6 cm³/mol. The van der Waals surface area contributed by atoms with Crippen LogP contribution in [0.4, 0.5) is 4.79 Å². The molecule has 18 heavy (non-hydrogen) atoms. The number of urea groups is 1. The molecule has 0 aliphatic carbocycles. The van der Waals surface area contributed by atoms with Gasteiger partial charge in [0.05, 0.1) is 5.88 Å². The first-order valence-corrected chi connectivity index (χ1v) is 7.64. The van der Waals surface area contributed by atoms with Gasteiger partial charge in [-0.05, 0) is 19.8 Å². The number of rotatable bonds is 1. The number of likely N-dealkylation sites (tertiary alicyclic amines) is 1. The SMILES string of the molecule is CC1CCCCCN1C(=O)N1CSCC1C(=O)O. The molecule has 102 valence electrons. The predicted octanol–water partition coefficient (Wildman–Crippen LogP) is 1.83. The van der Waals surface area contributed by atoms with E-state index < -0.39 is 12.0 Å². The smallest absolute Gasteiger partial charge is 0.327 e. The number of carbonyl (C=O) groups is 2. The minimum Gasteiger partial charge on any atom is -0.480 e. The molecular weight excluding hydrogens is 252 g/mol. The zero-order valence-corrected chi connectivity index (χ0v) is 11.5. The first-order chi connectivity index (χ1) is 8.61. The van der Waals surface area contributed by atoms with E-state index in [1.807, 2.05) is 4.90 Å². The van der Waals surface area contributed by atoms with Crippen LogP contribution in [0.15, 0.2) is 0 Å². The average molecular weight is 272 g/mol. The van der Waals surface area contributed by atoms with E-state index in [-0.39, 0.29) is 12.1 Å². The van der Waals surface area contributed by atoms with Crippen LogP contribution in [0.25, 0.3) is 0 Å². The molecule has 2 amide bonds.